The van der Waals surface area contributed by atoms with Crippen LogP contribution in [0.1, 0.15) is 0 Å². The van der Waals surface area contributed by atoms with Gasteiger partial charge in [0.1, 0.15) is 0 Å². The third-order valence-electron chi connectivity index (χ3n) is 2.17. The van der Waals surface area contributed by atoms with E-state index < -0.39 is 9.15 Å². The second-order valence-corrected chi connectivity index (χ2v) is 6.60. The van der Waals surface area contributed by atoms with Crippen LogP contribution in [0, 0.1) is 0 Å². The molecule has 0 aromatic heterocycles. The van der Waals surface area contributed by atoms with E-state index in [2.05, 4.69) is 0 Å². The highest BCUT2D eigenvalue weighted by Gasteiger charge is 2.12. The van der Waals surface area contributed by atoms with E-state index in [1.54, 1.807) is 12.1 Å². The van der Waals surface area contributed by atoms with Gasteiger partial charge in [-0.05, 0) is 17.2 Å². The van der Waals surface area contributed by atoms with Gasteiger partial charge in [0.15, 0.2) is 0 Å². The van der Waals surface area contributed by atoms with Crippen LogP contribution in [-0.2, 0) is 9.15 Å². The predicted molar refractivity (Wildman–Crippen MR) is 69.3 cm³/mol. The van der Waals surface area contributed by atoms with Crippen LogP contribution in [0.3, 0.4) is 0 Å². The molecule has 17 heavy (non-hydrogen) atoms. The summed E-state index contributed by atoms with van der Waals surface area (Å²) in [5.41, 5.74) is 1.70. The normalized spacial score (nSPS) is 11.4. The largest absolute Gasteiger partial charge is 0.324 e. The van der Waals surface area contributed by atoms with Crippen molar-refractivity contribution < 1.29 is 13.0 Å². The summed E-state index contributed by atoms with van der Waals surface area (Å²) in [7, 11) is -3.64. The summed E-state index contributed by atoms with van der Waals surface area (Å²) in [6.07, 6.45) is 0. The first-order valence-corrected chi connectivity index (χ1v) is 7.65. The quantitative estimate of drug-likeness (QED) is 0.684. The molecular formula is C12H10O3S2. The summed E-state index contributed by atoms with van der Waals surface area (Å²) in [5, 5.41) is 0. The van der Waals surface area contributed by atoms with Crippen molar-refractivity contribution in [2.45, 2.75) is 4.90 Å². The van der Waals surface area contributed by atoms with Gasteiger partial charge in [0.05, 0.1) is 0 Å². The van der Waals surface area contributed by atoms with Crippen LogP contribution in [0.25, 0.3) is 11.1 Å². The fourth-order valence-corrected chi connectivity index (χ4v) is 3.26. The first kappa shape index (κ1) is 12.2. The van der Waals surface area contributed by atoms with Crippen molar-refractivity contribution in [3.8, 4) is 11.1 Å². The van der Waals surface area contributed by atoms with Crippen LogP contribution < -0.4 is 0 Å². The lowest BCUT2D eigenvalue weighted by atomic mass is 10.1. The summed E-state index contributed by atoms with van der Waals surface area (Å²) in [5.74, 6) is 0. The topological polar surface area (TPSA) is 54.4 Å². The van der Waals surface area contributed by atoms with Gasteiger partial charge < -0.3 is 0 Å². The molecular weight excluding hydrogens is 256 g/mol. The molecule has 2 aromatic carbocycles. The van der Waals surface area contributed by atoms with Gasteiger partial charge in [-0.25, -0.2) is 0 Å². The van der Waals surface area contributed by atoms with E-state index >= 15 is 0 Å². The first-order chi connectivity index (χ1) is 8.06. The molecule has 5 heteroatoms. The number of hydrogen-bond acceptors (Lipinski definition) is 3. The number of hydrogen-bond donors (Lipinski definition) is 1. The molecule has 0 aliphatic heterocycles. The van der Waals surface area contributed by atoms with E-state index in [1.807, 2.05) is 42.5 Å². The Kier molecular flexibility index (Phi) is 3.51. The molecule has 88 valence electrons. The molecule has 0 spiro atoms. The molecule has 0 amide bonds. The maximum Gasteiger partial charge on any atom is 0.324 e. The Hall–Kier alpha value is -1.30. The van der Waals surface area contributed by atoms with Gasteiger partial charge in [0, 0.05) is 15.7 Å². The van der Waals surface area contributed by atoms with E-state index in [0.29, 0.717) is 15.7 Å². The second-order valence-electron chi connectivity index (χ2n) is 3.37. The van der Waals surface area contributed by atoms with Crippen molar-refractivity contribution in [1.29, 1.82) is 0 Å². The lowest BCUT2D eigenvalue weighted by molar-refractivity contribution is 0.503. The number of rotatable bonds is 3. The van der Waals surface area contributed by atoms with Gasteiger partial charge in [0.2, 0.25) is 0 Å². The second kappa shape index (κ2) is 4.91. The minimum Gasteiger partial charge on any atom is -0.277 e. The molecule has 0 saturated carbocycles. The molecule has 0 saturated heterocycles. The summed E-state index contributed by atoms with van der Waals surface area (Å²) >= 11 is 0. The smallest absolute Gasteiger partial charge is 0.277 e. The van der Waals surface area contributed by atoms with Crippen molar-refractivity contribution >= 4 is 19.9 Å². The Morgan fingerprint density at radius 2 is 1.47 bits per heavy atom. The Morgan fingerprint density at radius 1 is 0.882 bits per heavy atom. The van der Waals surface area contributed by atoms with Crippen molar-refractivity contribution in [3.63, 3.8) is 0 Å². The monoisotopic (exact) mass is 266 g/mol. The zero-order valence-electron chi connectivity index (χ0n) is 8.78. The Balaban J connectivity index is 2.49. The van der Waals surface area contributed by atoms with E-state index in [1.165, 1.54) is 0 Å². The van der Waals surface area contributed by atoms with Gasteiger partial charge in [-0.2, -0.15) is 8.42 Å². The van der Waals surface area contributed by atoms with Crippen molar-refractivity contribution in [1.82, 2.24) is 0 Å². The molecule has 2 aromatic rings. The molecule has 2 rings (SSSR count). The lowest BCUT2D eigenvalue weighted by Gasteiger charge is -2.06. The third-order valence-corrected chi connectivity index (χ3v) is 4.08. The summed E-state index contributed by atoms with van der Waals surface area (Å²) < 4.78 is 30.7. The van der Waals surface area contributed by atoms with Crippen LogP contribution in [0.4, 0.5) is 0 Å². The van der Waals surface area contributed by atoms with Crippen LogP contribution in [0.2, 0.25) is 0 Å². The summed E-state index contributed by atoms with van der Waals surface area (Å²) in [4.78, 5) is 0.515. The van der Waals surface area contributed by atoms with E-state index in [4.69, 9.17) is 4.55 Å². The molecule has 0 radical (unpaired) electrons. The average molecular weight is 266 g/mol. The Bertz CT molecular complexity index is 607. The summed E-state index contributed by atoms with van der Waals surface area (Å²) in [6, 6.07) is 16.5. The average Bonchev–Trinajstić information content (AvgIpc) is 2.29. The molecule has 0 heterocycles. The minimum atomic E-state index is -4.09. The number of benzene rings is 2. The molecule has 0 atom stereocenters. The van der Waals surface area contributed by atoms with Crippen molar-refractivity contribution in [2.75, 3.05) is 0 Å². The van der Waals surface area contributed by atoms with Crippen LogP contribution in [-0.4, -0.2) is 13.0 Å². The van der Waals surface area contributed by atoms with Crippen molar-refractivity contribution in [2.24, 2.45) is 0 Å². The van der Waals surface area contributed by atoms with Gasteiger partial charge in [-0.15, -0.1) is 0 Å². The molecule has 0 bridgehead atoms. The van der Waals surface area contributed by atoms with E-state index in [-0.39, 0.29) is 0 Å². The zero-order chi connectivity index (χ0) is 12.3. The molecule has 3 nitrogen and oxygen atoms in total. The van der Waals surface area contributed by atoms with Crippen LogP contribution >= 0.6 is 10.8 Å². The highest BCUT2D eigenvalue weighted by Crippen LogP contribution is 2.33. The van der Waals surface area contributed by atoms with Gasteiger partial charge in [-0.3, -0.25) is 4.55 Å². The fraction of sp³-hybridized carbons (Fsp3) is 0. The maximum atomic E-state index is 10.9. The Labute approximate surface area is 104 Å². The summed E-state index contributed by atoms with van der Waals surface area (Å²) in [6.45, 7) is 0. The molecule has 0 unspecified atom stereocenters. The van der Waals surface area contributed by atoms with Crippen LogP contribution in [0.5, 0.6) is 0 Å². The highest BCUT2D eigenvalue weighted by molar-refractivity contribution is 8.70. The molecule has 0 aliphatic carbocycles. The highest BCUT2D eigenvalue weighted by atomic mass is 33.1. The van der Waals surface area contributed by atoms with Gasteiger partial charge in [0.25, 0.3) is 0 Å². The Morgan fingerprint density at radius 3 is 2.12 bits per heavy atom. The molecule has 1 N–H and O–H groups in total. The maximum absolute atomic E-state index is 10.9. The lowest BCUT2D eigenvalue weighted by Crippen LogP contribution is -1.90. The zero-order valence-corrected chi connectivity index (χ0v) is 10.4. The van der Waals surface area contributed by atoms with Crippen LogP contribution in [0.15, 0.2) is 59.5 Å². The fourth-order valence-electron chi connectivity index (χ4n) is 1.51. The van der Waals surface area contributed by atoms with Crippen molar-refractivity contribution in [3.05, 3.63) is 54.6 Å². The predicted octanol–water partition coefficient (Wildman–Crippen LogP) is 3.25. The van der Waals surface area contributed by atoms with E-state index in [9.17, 15) is 8.42 Å². The van der Waals surface area contributed by atoms with Gasteiger partial charge >= 0.3 is 9.15 Å². The molecule has 0 aliphatic rings. The van der Waals surface area contributed by atoms with Gasteiger partial charge in [-0.1, -0.05) is 48.5 Å². The standard InChI is InChI=1S/C12H10O3S2/c13-17(14,15)16-12-9-5-4-8-11(12)10-6-2-1-3-7-10/h1-9H,(H,13,14,15). The SMILES string of the molecule is O=S(=O)(O)Sc1ccccc1-c1ccccc1. The minimum absolute atomic E-state index is 0.450. The molecule has 0 fully saturated rings. The first-order valence-electron chi connectivity index (χ1n) is 4.87. The third kappa shape index (κ3) is 3.33. The van der Waals surface area contributed by atoms with E-state index in [0.717, 1.165) is 11.1 Å².